The van der Waals surface area contributed by atoms with Crippen molar-refractivity contribution in [3.8, 4) is 0 Å². The highest BCUT2D eigenvalue weighted by atomic mass is 16.2. The van der Waals surface area contributed by atoms with Gasteiger partial charge in [0.2, 0.25) is 5.91 Å². The smallest absolute Gasteiger partial charge is 0.225 e. The molecule has 1 fully saturated rings. The van der Waals surface area contributed by atoms with Crippen molar-refractivity contribution in [3.63, 3.8) is 0 Å². The molecule has 0 aromatic carbocycles. The second kappa shape index (κ2) is 3.22. The van der Waals surface area contributed by atoms with E-state index in [1.165, 1.54) is 0 Å². The molecule has 64 valence electrons. The van der Waals surface area contributed by atoms with Crippen molar-refractivity contribution >= 4 is 5.91 Å². The Kier molecular flexibility index (Phi) is 2.49. The van der Waals surface area contributed by atoms with E-state index in [2.05, 4.69) is 0 Å². The van der Waals surface area contributed by atoms with Gasteiger partial charge in [-0.2, -0.15) is 0 Å². The molecule has 1 unspecified atom stereocenters. The van der Waals surface area contributed by atoms with Crippen LogP contribution in [-0.2, 0) is 4.79 Å². The van der Waals surface area contributed by atoms with Crippen LogP contribution >= 0.6 is 0 Å². The van der Waals surface area contributed by atoms with E-state index in [0.29, 0.717) is 12.5 Å². The van der Waals surface area contributed by atoms with E-state index in [1.54, 1.807) is 4.90 Å². The normalized spacial score (nSPS) is 19.5. The van der Waals surface area contributed by atoms with Gasteiger partial charge in [0, 0.05) is 25.6 Å². The van der Waals surface area contributed by atoms with Gasteiger partial charge in [-0.15, -0.1) is 0 Å². The van der Waals surface area contributed by atoms with Crippen LogP contribution in [0.25, 0.3) is 0 Å². The summed E-state index contributed by atoms with van der Waals surface area (Å²) in [6.07, 6.45) is 2.14. The van der Waals surface area contributed by atoms with Gasteiger partial charge < -0.3 is 10.6 Å². The molecule has 1 aliphatic carbocycles. The zero-order valence-electron chi connectivity index (χ0n) is 7.21. The molecule has 0 aromatic rings. The lowest BCUT2D eigenvalue weighted by Gasteiger charge is -2.18. The molecule has 0 heterocycles. The molecule has 0 saturated heterocycles. The molecule has 1 aliphatic rings. The highest BCUT2D eigenvalue weighted by Gasteiger charge is 2.31. The van der Waals surface area contributed by atoms with Crippen LogP contribution in [-0.4, -0.2) is 30.4 Å². The highest BCUT2D eigenvalue weighted by Crippen LogP contribution is 2.30. The average Bonchev–Trinajstić information content (AvgIpc) is 2.65. The van der Waals surface area contributed by atoms with E-state index < -0.39 is 0 Å². The molecule has 0 bridgehead atoms. The van der Waals surface area contributed by atoms with Crippen molar-refractivity contribution in [2.45, 2.75) is 25.8 Å². The third-order valence-corrected chi connectivity index (χ3v) is 1.86. The van der Waals surface area contributed by atoms with Crippen LogP contribution in [0.15, 0.2) is 0 Å². The first kappa shape index (κ1) is 8.53. The predicted octanol–water partition coefficient (Wildman–Crippen LogP) is 0.202. The second-order valence-corrected chi connectivity index (χ2v) is 3.47. The van der Waals surface area contributed by atoms with Crippen LogP contribution in [0.3, 0.4) is 0 Å². The van der Waals surface area contributed by atoms with Gasteiger partial charge in [-0.25, -0.2) is 0 Å². The second-order valence-electron chi connectivity index (χ2n) is 3.47. The quantitative estimate of drug-likeness (QED) is 0.634. The zero-order valence-corrected chi connectivity index (χ0v) is 7.21. The van der Waals surface area contributed by atoms with Gasteiger partial charge in [0.15, 0.2) is 0 Å². The van der Waals surface area contributed by atoms with Crippen LogP contribution in [0, 0.1) is 5.92 Å². The van der Waals surface area contributed by atoms with E-state index in [4.69, 9.17) is 5.73 Å². The third kappa shape index (κ3) is 2.50. The molecule has 0 spiro atoms. The number of amides is 1. The van der Waals surface area contributed by atoms with Gasteiger partial charge in [-0.1, -0.05) is 0 Å². The highest BCUT2D eigenvalue weighted by molar-refractivity contribution is 5.80. The molecule has 1 amide bonds. The molecule has 11 heavy (non-hydrogen) atoms. The summed E-state index contributed by atoms with van der Waals surface area (Å²) in [5.74, 6) is 0.584. The van der Waals surface area contributed by atoms with Gasteiger partial charge in [0.25, 0.3) is 0 Å². The number of hydrogen-bond acceptors (Lipinski definition) is 2. The average molecular weight is 156 g/mol. The Morgan fingerprint density at radius 3 is 2.64 bits per heavy atom. The summed E-state index contributed by atoms with van der Waals surface area (Å²) in [5, 5.41) is 0. The summed E-state index contributed by atoms with van der Waals surface area (Å²) in [6, 6.07) is 0.0858. The lowest BCUT2D eigenvalue weighted by molar-refractivity contribution is -0.131. The number of carbonyl (C=O) groups is 1. The summed E-state index contributed by atoms with van der Waals surface area (Å²) in [5.41, 5.74) is 5.56. The summed E-state index contributed by atoms with van der Waals surface area (Å²) >= 11 is 0. The summed E-state index contributed by atoms with van der Waals surface area (Å²) in [7, 11) is 1.82. The van der Waals surface area contributed by atoms with Crippen molar-refractivity contribution < 1.29 is 4.79 Å². The first-order valence-electron chi connectivity index (χ1n) is 4.12. The van der Waals surface area contributed by atoms with Crippen molar-refractivity contribution in [2.75, 3.05) is 13.6 Å². The SMILES string of the molecule is CC(N)CN(C)C(=O)C1CC1. The van der Waals surface area contributed by atoms with Crippen molar-refractivity contribution in [2.24, 2.45) is 11.7 Å². The van der Waals surface area contributed by atoms with Crippen LogP contribution in [0.4, 0.5) is 0 Å². The van der Waals surface area contributed by atoms with E-state index in [0.717, 1.165) is 12.8 Å². The Morgan fingerprint density at radius 2 is 2.27 bits per heavy atom. The minimum Gasteiger partial charge on any atom is -0.344 e. The summed E-state index contributed by atoms with van der Waals surface area (Å²) < 4.78 is 0. The first-order valence-corrected chi connectivity index (χ1v) is 4.12. The molecule has 1 rings (SSSR count). The van der Waals surface area contributed by atoms with Crippen LogP contribution in [0.2, 0.25) is 0 Å². The Bertz CT molecular complexity index is 152. The topological polar surface area (TPSA) is 46.3 Å². The molecule has 3 heteroatoms. The molecular weight excluding hydrogens is 140 g/mol. The zero-order chi connectivity index (χ0) is 8.43. The van der Waals surface area contributed by atoms with E-state index >= 15 is 0 Å². The standard InChI is InChI=1S/C8H16N2O/c1-6(9)5-10(2)8(11)7-3-4-7/h6-7H,3-5,9H2,1-2H3. The van der Waals surface area contributed by atoms with Crippen LogP contribution < -0.4 is 5.73 Å². The lowest BCUT2D eigenvalue weighted by Crippen LogP contribution is -2.37. The van der Waals surface area contributed by atoms with Crippen molar-refractivity contribution in [3.05, 3.63) is 0 Å². The maximum atomic E-state index is 11.3. The lowest BCUT2D eigenvalue weighted by atomic mass is 10.3. The number of likely N-dealkylation sites (N-methyl/N-ethyl adjacent to an activating group) is 1. The Balaban J connectivity index is 2.27. The molecule has 1 atom stereocenters. The molecule has 1 saturated carbocycles. The molecule has 3 nitrogen and oxygen atoms in total. The number of rotatable bonds is 3. The van der Waals surface area contributed by atoms with Gasteiger partial charge in [-0.05, 0) is 19.8 Å². The fourth-order valence-electron chi connectivity index (χ4n) is 1.16. The number of hydrogen-bond donors (Lipinski definition) is 1. The number of nitrogens with zero attached hydrogens (tertiary/aromatic N) is 1. The predicted molar refractivity (Wildman–Crippen MR) is 44.0 cm³/mol. The molecule has 2 N–H and O–H groups in total. The van der Waals surface area contributed by atoms with Crippen LogP contribution in [0.1, 0.15) is 19.8 Å². The van der Waals surface area contributed by atoms with Crippen molar-refractivity contribution in [1.29, 1.82) is 0 Å². The maximum absolute atomic E-state index is 11.3. The Morgan fingerprint density at radius 1 is 1.73 bits per heavy atom. The minimum absolute atomic E-state index is 0.0858. The maximum Gasteiger partial charge on any atom is 0.225 e. The monoisotopic (exact) mass is 156 g/mol. The van der Waals surface area contributed by atoms with E-state index in [1.807, 2.05) is 14.0 Å². The molecule has 0 radical (unpaired) electrons. The van der Waals surface area contributed by atoms with E-state index in [-0.39, 0.29) is 11.9 Å². The fraction of sp³-hybridized carbons (Fsp3) is 0.875. The largest absolute Gasteiger partial charge is 0.344 e. The number of nitrogens with two attached hydrogens (primary N) is 1. The Hall–Kier alpha value is -0.570. The van der Waals surface area contributed by atoms with Gasteiger partial charge in [0.05, 0.1) is 0 Å². The molecule has 0 aromatic heterocycles. The summed E-state index contributed by atoms with van der Waals surface area (Å²) in [4.78, 5) is 13.0. The summed E-state index contributed by atoms with van der Waals surface area (Å²) in [6.45, 7) is 2.59. The fourth-order valence-corrected chi connectivity index (χ4v) is 1.16. The Labute approximate surface area is 67.5 Å². The minimum atomic E-state index is 0.0858. The van der Waals surface area contributed by atoms with Gasteiger partial charge in [-0.3, -0.25) is 4.79 Å². The van der Waals surface area contributed by atoms with E-state index in [9.17, 15) is 4.79 Å². The van der Waals surface area contributed by atoms with Crippen LogP contribution in [0.5, 0.6) is 0 Å². The third-order valence-electron chi connectivity index (χ3n) is 1.86. The first-order chi connectivity index (χ1) is 5.11. The number of carbonyl (C=O) groups excluding carboxylic acids is 1. The van der Waals surface area contributed by atoms with Crippen molar-refractivity contribution in [1.82, 2.24) is 4.90 Å². The molecule has 0 aliphatic heterocycles. The van der Waals surface area contributed by atoms with Gasteiger partial charge >= 0.3 is 0 Å². The van der Waals surface area contributed by atoms with Gasteiger partial charge in [0.1, 0.15) is 0 Å². The molecular formula is C8H16N2O.